The van der Waals surface area contributed by atoms with E-state index >= 15 is 4.39 Å². The molecule has 2 aromatic carbocycles. The summed E-state index contributed by atoms with van der Waals surface area (Å²) >= 11 is 0. The summed E-state index contributed by atoms with van der Waals surface area (Å²) < 4.78 is 96.6. The number of sulfonamides is 1. The van der Waals surface area contributed by atoms with E-state index in [-0.39, 0.29) is 64.0 Å². The van der Waals surface area contributed by atoms with E-state index in [2.05, 4.69) is 20.4 Å². The lowest BCUT2D eigenvalue weighted by molar-refractivity contribution is -0.127. The number of hydrogen-bond acceptors (Lipinski definition) is 9. The summed E-state index contributed by atoms with van der Waals surface area (Å²) in [5, 5.41) is 7.71. The maximum atomic E-state index is 15.7. The number of nitrogens with zero attached hydrogens (tertiary/aromatic N) is 5. The zero-order valence-corrected chi connectivity index (χ0v) is 29.0. The van der Waals surface area contributed by atoms with Crippen molar-refractivity contribution in [3.05, 3.63) is 95.1 Å². The SMILES string of the molecule is CN(c1ncccc1CNc1nc(-c2cc(F)c(OCc3ccccc3)cc2CC(F)(F)F)cc2c1c(C(N)=O)nn2C1CCCCO1)S(C)(=O)=O. The highest BCUT2D eigenvalue weighted by molar-refractivity contribution is 7.92. The minimum atomic E-state index is -4.69. The van der Waals surface area contributed by atoms with Crippen molar-refractivity contribution in [3.8, 4) is 17.0 Å². The van der Waals surface area contributed by atoms with Crippen LogP contribution in [0.1, 0.15) is 52.7 Å². The largest absolute Gasteiger partial charge is 0.486 e. The van der Waals surface area contributed by atoms with Crippen LogP contribution in [0.3, 0.4) is 0 Å². The van der Waals surface area contributed by atoms with Crippen LogP contribution >= 0.6 is 0 Å². The van der Waals surface area contributed by atoms with E-state index in [0.717, 1.165) is 35.5 Å². The average Bonchev–Trinajstić information content (AvgIpc) is 3.50. The fourth-order valence-electron chi connectivity index (χ4n) is 5.96. The molecule has 0 aliphatic carbocycles. The molecule has 3 N–H and O–H groups in total. The van der Waals surface area contributed by atoms with E-state index in [1.165, 1.54) is 24.0 Å². The molecule has 0 bridgehead atoms. The summed E-state index contributed by atoms with van der Waals surface area (Å²) in [5.41, 5.74) is 6.37. The summed E-state index contributed by atoms with van der Waals surface area (Å²) in [6.45, 7) is 0.222. The Kier molecular flexibility index (Phi) is 10.4. The second kappa shape index (κ2) is 14.7. The average molecular weight is 742 g/mol. The maximum absolute atomic E-state index is 15.7. The summed E-state index contributed by atoms with van der Waals surface area (Å²) in [6, 6.07) is 15.4. The highest BCUT2D eigenvalue weighted by Gasteiger charge is 2.32. The molecule has 1 saturated heterocycles. The van der Waals surface area contributed by atoms with E-state index in [1.807, 2.05) is 0 Å². The zero-order chi connectivity index (χ0) is 37.2. The normalized spacial score (nSPS) is 15.1. The molecule has 0 radical (unpaired) electrons. The number of hydrogen-bond donors (Lipinski definition) is 2. The third-order valence-corrected chi connectivity index (χ3v) is 9.69. The molecule has 1 aliphatic rings. The van der Waals surface area contributed by atoms with Crippen molar-refractivity contribution in [2.24, 2.45) is 5.73 Å². The lowest BCUT2D eigenvalue weighted by atomic mass is 9.99. The predicted molar refractivity (Wildman–Crippen MR) is 186 cm³/mol. The Bertz CT molecular complexity index is 2210. The van der Waals surface area contributed by atoms with Gasteiger partial charge in [-0.3, -0.25) is 9.10 Å². The van der Waals surface area contributed by atoms with Crippen LogP contribution in [0.2, 0.25) is 0 Å². The molecule has 1 atom stereocenters. The number of benzene rings is 2. The van der Waals surface area contributed by atoms with Gasteiger partial charge in [0.2, 0.25) is 10.0 Å². The molecule has 274 valence electrons. The van der Waals surface area contributed by atoms with Crippen LogP contribution in [0.25, 0.3) is 22.2 Å². The second-order valence-corrected chi connectivity index (χ2v) is 14.3. The van der Waals surface area contributed by atoms with E-state index in [9.17, 15) is 26.4 Å². The van der Waals surface area contributed by atoms with Crippen LogP contribution in [0.5, 0.6) is 5.75 Å². The molecule has 6 rings (SSSR count). The molecule has 52 heavy (non-hydrogen) atoms. The first kappa shape index (κ1) is 36.5. The quantitative estimate of drug-likeness (QED) is 0.144. The Labute approximate surface area is 296 Å². The van der Waals surface area contributed by atoms with Crippen molar-refractivity contribution in [2.45, 2.75) is 51.2 Å². The number of ether oxygens (including phenoxy) is 2. The molecule has 0 spiro atoms. The van der Waals surface area contributed by atoms with Gasteiger partial charge in [0.25, 0.3) is 5.91 Å². The molecule has 17 heteroatoms. The predicted octanol–water partition coefficient (Wildman–Crippen LogP) is 6.12. The van der Waals surface area contributed by atoms with Crippen LogP contribution in [0.4, 0.5) is 29.2 Å². The van der Waals surface area contributed by atoms with Gasteiger partial charge in [-0.05, 0) is 54.7 Å². The summed E-state index contributed by atoms with van der Waals surface area (Å²) in [6.07, 6.45) is -2.22. The lowest BCUT2D eigenvalue weighted by Crippen LogP contribution is -2.27. The highest BCUT2D eigenvalue weighted by atomic mass is 32.2. The van der Waals surface area contributed by atoms with Crippen LogP contribution in [-0.4, -0.2) is 60.2 Å². The summed E-state index contributed by atoms with van der Waals surface area (Å²) in [5.74, 6) is -2.12. The smallest absolute Gasteiger partial charge is 0.393 e. The van der Waals surface area contributed by atoms with Crippen LogP contribution in [0, 0.1) is 5.82 Å². The number of aromatic nitrogens is 4. The number of alkyl halides is 3. The number of pyridine rings is 2. The van der Waals surface area contributed by atoms with Crippen LogP contribution in [-0.2, 0) is 34.3 Å². The molecule has 12 nitrogen and oxygen atoms in total. The van der Waals surface area contributed by atoms with Gasteiger partial charge in [0.05, 0.1) is 29.3 Å². The van der Waals surface area contributed by atoms with Gasteiger partial charge in [-0.2, -0.15) is 18.3 Å². The van der Waals surface area contributed by atoms with Crippen LogP contribution < -0.4 is 20.1 Å². The van der Waals surface area contributed by atoms with Gasteiger partial charge in [-0.15, -0.1) is 0 Å². The summed E-state index contributed by atoms with van der Waals surface area (Å²) in [4.78, 5) is 21.6. The molecule has 5 aromatic rings. The number of anilines is 2. The van der Waals surface area contributed by atoms with Crippen molar-refractivity contribution in [3.63, 3.8) is 0 Å². The number of fused-ring (bicyclic) bond motifs is 1. The number of carbonyl (C=O) groups is 1. The van der Waals surface area contributed by atoms with Gasteiger partial charge in [0, 0.05) is 37.5 Å². The third-order valence-electron chi connectivity index (χ3n) is 8.52. The van der Waals surface area contributed by atoms with Crippen molar-refractivity contribution in [1.82, 2.24) is 19.7 Å². The summed E-state index contributed by atoms with van der Waals surface area (Å²) in [7, 11) is -2.38. The molecule has 1 aliphatic heterocycles. The monoisotopic (exact) mass is 741 g/mol. The Morgan fingerprint density at radius 1 is 1.12 bits per heavy atom. The zero-order valence-electron chi connectivity index (χ0n) is 28.2. The lowest BCUT2D eigenvalue weighted by Gasteiger charge is -2.24. The topological polar surface area (TPSA) is 155 Å². The molecular weight excluding hydrogens is 706 g/mol. The van der Waals surface area contributed by atoms with E-state index in [4.69, 9.17) is 15.2 Å². The Balaban J connectivity index is 1.51. The minimum absolute atomic E-state index is 0.0251. The molecule has 0 saturated carbocycles. The van der Waals surface area contributed by atoms with Gasteiger partial charge < -0.3 is 20.5 Å². The maximum Gasteiger partial charge on any atom is 0.393 e. The molecule has 4 heterocycles. The van der Waals surface area contributed by atoms with Gasteiger partial charge in [-0.1, -0.05) is 36.4 Å². The van der Waals surface area contributed by atoms with Crippen molar-refractivity contribution < 1.29 is 40.2 Å². The number of amides is 1. The van der Waals surface area contributed by atoms with Gasteiger partial charge >= 0.3 is 6.18 Å². The first-order valence-electron chi connectivity index (χ1n) is 16.2. The molecule has 1 fully saturated rings. The Morgan fingerprint density at radius 3 is 2.56 bits per heavy atom. The number of primary amides is 1. The van der Waals surface area contributed by atoms with Gasteiger partial charge in [-0.25, -0.2) is 27.5 Å². The van der Waals surface area contributed by atoms with E-state index < -0.39 is 40.6 Å². The standard InChI is InChI=1S/C35H35F4N7O5S/c1-45(52(2,48)49)34-22(11-8-13-41-34)19-42-33-30-27(46(44-31(30)32(40)47)29-12-6-7-14-50-29)17-26(43-33)24-16-25(36)28(15-23(24)18-35(37,38)39)51-20-21-9-4-3-5-10-21/h3-5,8-11,13,15-17,29H,6-7,12,14,18-20H2,1-2H3,(H2,40,47)(H,42,43). The first-order valence-corrected chi connectivity index (χ1v) is 18.1. The van der Waals surface area contributed by atoms with Crippen molar-refractivity contribution in [1.29, 1.82) is 0 Å². The second-order valence-electron chi connectivity index (χ2n) is 12.3. The Morgan fingerprint density at radius 2 is 1.88 bits per heavy atom. The fourth-order valence-corrected chi connectivity index (χ4v) is 6.44. The number of halogens is 4. The number of carbonyl (C=O) groups excluding carboxylic acids is 1. The van der Waals surface area contributed by atoms with E-state index in [0.29, 0.717) is 24.2 Å². The molecular formula is C35H35F4N7O5S. The van der Waals surface area contributed by atoms with Gasteiger partial charge in [0.1, 0.15) is 18.2 Å². The third kappa shape index (κ3) is 8.10. The fraction of sp³-hybridized carbons (Fsp3) is 0.314. The first-order chi connectivity index (χ1) is 24.7. The Hall–Kier alpha value is -5.29. The molecule has 1 amide bonds. The number of nitrogens with one attached hydrogen (secondary N) is 1. The van der Waals surface area contributed by atoms with Crippen LogP contribution in [0.15, 0.2) is 66.9 Å². The minimum Gasteiger partial charge on any atom is -0.486 e. The van der Waals surface area contributed by atoms with E-state index in [1.54, 1.807) is 42.5 Å². The van der Waals surface area contributed by atoms with Gasteiger partial charge in [0.15, 0.2) is 23.5 Å². The number of rotatable bonds is 12. The van der Waals surface area contributed by atoms with Crippen molar-refractivity contribution in [2.75, 3.05) is 29.5 Å². The highest BCUT2D eigenvalue weighted by Crippen LogP contribution is 2.39. The molecule has 3 aromatic heterocycles. The number of nitrogens with two attached hydrogens (primary N) is 1. The van der Waals surface area contributed by atoms with Crippen molar-refractivity contribution >= 4 is 38.5 Å². The molecule has 1 unspecified atom stereocenters.